The van der Waals surface area contributed by atoms with Crippen LogP contribution < -0.4 is 26.1 Å². The molecular weight excluding hydrogens is 682 g/mol. The van der Waals surface area contributed by atoms with Crippen LogP contribution in [0.3, 0.4) is 0 Å². The summed E-state index contributed by atoms with van der Waals surface area (Å²) < 4.78 is 45.3. The second kappa shape index (κ2) is 15.4. The predicted molar refractivity (Wildman–Crippen MR) is 190 cm³/mol. The van der Waals surface area contributed by atoms with Crippen molar-refractivity contribution < 1.29 is 27.5 Å². The minimum absolute atomic E-state index is 0.0737. The molecule has 6 rings (SSSR count). The van der Waals surface area contributed by atoms with E-state index in [1.165, 1.54) is 53.2 Å². The maximum absolute atomic E-state index is 14.0. The van der Waals surface area contributed by atoms with E-state index in [0.717, 1.165) is 23.6 Å². The van der Waals surface area contributed by atoms with Crippen LogP contribution in [0.15, 0.2) is 101 Å². The fourth-order valence-corrected chi connectivity index (χ4v) is 7.00. The Bertz CT molecular complexity index is 2030. The van der Waals surface area contributed by atoms with Gasteiger partial charge < -0.3 is 15.9 Å². The minimum atomic E-state index is -4.94. The maximum Gasteiger partial charge on any atom is 0.573 e. The van der Waals surface area contributed by atoms with Crippen LogP contribution in [0.4, 0.5) is 29.3 Å². The molecule has 5 N–H and O–H groups in total. The molecule has 0 bridgehead atoms. The Labute approximate surface area is 294 Å². The van der Waals surface area contributed by atoms with E-state index in [2.05, 4.69) is 30.6 Å². The summed E-state index contributed by atoms with van der Waals surface area (Å²) in [4.78, 5) is 32.6. The third kappa shape index (κ3) is 8.67. The monoisotopic (exact) mass is 714 g/mol. The van der Waals surface area contributed by atoms with Gasteiger partial charge in [0, 0.05) is 16.9 Å². The number of para-hydroxylation sites is 1. The fraction of sp³-hybridized carbons (Fsp3) is 0.222. The Morgan fingerprint density at radius 1 is 0.980 bits per heavy atom. The zero-order valence-corrected chi connectivity index (χ0v) is 27.9. The van der Waals surface area contributed by atoms with Crippen LogP contribution in [0.1, 0.15) is 59.5 Å². The molecule has 0 unspecified atom stereocenters. The number of nitrogens with two attached hydrogens (primary N) is 1. The summed E-state index contributed by atoms with van der Waals surface area (Å²) in [6.07, 6.45) is 0.878. The van der Waals surface area contributed by atoms with E-state index in [0.29, 0.717) is 27.7 Å². The lowest BCUT2D eigenvalue weighted by molar-refractivity contribution is -0.274. The number of halogens is 3. The van der Waals surface area contributed by atoms with Crippen molar-refractivity contribution >= 4 is 50.8 Å². The number of hydrogen-bond donors (Lipinski definition) is 4. The first-order valence-corrected chi connectivity index (χ1v) is 16.9. The molecule has 0 radical (unpaired) electrons. The fourth-order valence-electron chi connectivity index (χ4n) is 6.02. The molecule has 0 atom stereocenters. The van der Waals surface area contributed by atoms with Gasteiger partial charge in [-0.2, -0.15) is 0 Å². The van der Waals surface area contributed by atoms with Gasteiger partial charge in [-0.15, -0.1) is 34.7 Å². The number of guanidine groups is 1. The standard InChI is InChI=1S/C36H33F3N8O3S/c37-36(38,39)50-30-19-16-26(20-28(30)33-43-29-8-4-5-9-31(29)51-33)42-35(49)47(27-17-14-24(15-18-27)23-6-2-1-3-7-23)21-22-10-12-25(13-11-22)32(48)44-34(45-40)46-41/h4-5,8-20,23,40H,1-3,6-7,21,41H2,(H,42,49)(H,44,46,48). The van der Waals surface area contributed by atoms with Gasteiger partial charge in [-0.3, -0.25) is 15.0 Å². The zero-order valence-electron chi connectivity index (χ0n) is 27.1. The molecule has 3 amide bonds. The average molecular weight is 715 g/mol. The van der Waals surface area contributed by atoms with Gasteiger partial charge in [0.25, 0.3) is 11.9 Å². The first kappa shape index (κ1) is 35.0. The van der Waals surface area contributed by atoms with Crippen molar-refractivity contribution in [1.29, 1.82) is 5.53 Å². The van der Waals surface area contributed by atoms with Crippen molar-refractivity contribution in [2.24, 2.45) is 16.1 Å². The van der Waals surface area contributed by atoms with Crippen LogP contribution in [0.2, 0.25) is 0 Å². The van der Waals surface area contributed by atoms with Crippen molar-refractivity contribution in [3.63, 3.8) is 0 Å². The lowest BCUT2D eigenvalue weighted by Gasteiger charge is -2.26. The van der Waals surface area contributed by atoms with Crippen LogP contribution >= 0.6 is 11.3 Å². The third-order valence-electron chi connectivity index (χ3n) is 8.52. The van der Waals surface area contributed by atoms with Crippen LogP contribution in [-0.4, -0.2) is 29.2 Å². The number of rotatable bonds is 8. The summed E-state index contributed by atoms with van der Waals surface area (Å²) in [5.41, 5.74) is 10.7. The third-order valence-corrected chi connectivity index (χ3v) is 9.59. The van der Waals surface area contributed by atoms with Crippen molar-refractivity contribution in [3.8, 4) is 16.3 Å². The summed E-state index contributed by atoms with van der Waals surface area (Å²) in [5.74, 6) is 4.21. The largest absolute Gasteiger partial charge is 0.573 e. The van der Waals surface area contributed by atoms with E-state index in [-0.39, 0.29) is 29.3 Å². The highest BCUT2D eigenvalue weighted by Gasteiger charge is 2.33. The quantitative estimate of drug-likeness (QED) is 0.0414. The lowest BCUT2D eigenvalue weighted by Crippen LogP contribution is -2.34. The maximum atomic E-state index is 14.0. The van der Waals surface area contributed by atoms with E-state index < -0.39 is 24.1 Å². The molecule has 1 saturated carbocycles. The number of nitrogens with one attached hydrogen (secondary N) is 3. The number of aromatic nitrogens is 1. The number of hydrogen-bond acceptors (Lipinski definition) is 8. The Morgan fingerprint density at radius 2 is 1.71 bits per heavy atom. The van der Waals surface area contributed by atoms with Crippen LogP contribution in [0, 0.1) is 5.53 Å². The average Bonchev–Trinajstić information content (AvgIpc) is 3.58. The van der Waals surface area contributed by atoms with E-state index in [1.54, 1.807) is 36.4 Å². The van der Waals surface area contributed by atoms with Gasteiger partial charge in [0.2, 0.25) is 0 Å². The molecule has 1 aliphatic rings. The number of urea groups is 1. The molecule has 0 saturated heterocycles. The van der Waals surface area contributed by atoms with Crippen LogP contribution in [0.25, 0.3) is 20.8 Å². The molecule has 1 heterocycles. The van der Waals surface area contributed by atoms with Gasteiger partial charge in [0.05, 0.1) is 22.3 Å². The number of thiazole rings is 1. The van der Waals surface area contributed by atoms with Crippen molar-refractivity contribution in [2.75, 3.05) is 10.2 Å². The van der Waals surface area contributed by atoms with E-state index in [4.69, 9.17) is 11.4 Å². The topological polar surface area (TPSA) is 158 Å². The summed E-state index contributed by atoms with van der Waals surface area (Å²) in [5, 5.41) is 11.7. The first-order valence-electron chi connectivity index (χ1n) is 16.1. The number of fused-ring (bicyclic) bond motifs is 1. The molecule has 5 aromatic rings. The van der Waals surface area contributed by atoms with Gasteiger partial charge in [-0.1, -0.05) is 55.7 Å². The molecule has 51 heavy (non-hydrogen) atoms. The van der Waals surface area contributed by atoms with Crippen molar-refractivity contribution in [1.82, 2.24) is 10.3 Å². The number of hydrazone groups is 1. The molecule has 0 aliphatic heterocycles. The highest BCUT2D eigenvalue weighted by atomic mass is 32.1. The van der Waals surface area contributed by atoms with Gasteiger partial charge in [-0.05, 0) is 84.5 Å². The lowest BCUT2D eigenvalue weighted by atomic mass is 9.84. The summed E-state index contributed by atoms with van der Waals surface area (Å²) in [6.45, 7) is 0.0913. The molecule has 15 heteroatoms. The molecular formula is C36H33F3N8O3S. The van der Waals surface area contributed by atoms with E-state index in [9.17, 15) is 22.8 Å². The van der Waals surface area contributed by atoms with Gasteiger partial charge in [0.15, 0.2) is 0 Å². The second-order valence-corrected chi connectivity index (χ2v) is 12.9. The van der Waals surface area contributed by atoms with Crippen molar-refractivity contribution in [3.05, 3.63) is 108 Å². The molecule has 262 valence electrons. The molecule has 4 aromatic carbocycles. The number of carbonyl (C=O) groups is 2. The first-order chi connectivity index (χ1) is 24.6. The number of benzene rings is 4. The number of amides is 3. The highest BCUT2D eigenvalue weighted by Crippen LogP contribution is 2.40. The SMILES string of the molecule is N=N/C(=N\N)NC(=O)c1ccc(CN(C(=O)Nc2ccc(OC(F)(F)F)c(-c3nc4ccccc4s3)c2)c2ccc(C3CCCCC3)cc2)cc1. The Balaban J connectivity index is 1.30. The number of nitrogens with zero attached hydrogens (tertiary/aromatic N) is 4. The van der Waals surface area contributed by atoms with Crippen LogP contribution in [0.5, 0.6) is 5.75 Å². The minimum Gasteiger partial charge on any atom is -0.405 e. The van der Waals surface area contributed by atoms with Gasteiger partial charge in [0.1, 0.15) is 10.8 Å². The highest BCUT2D eigenvalue weighted by molar-refractivity contribution is 7.21. The summed E-state index contributed by atoms with van der Waals surface area (Å²) in [6, 6.07) is 24.8. The second-order valence-electron chi connectivity index (χ2n) is 11.9. The molecule has 1 aromatic heterocycles. The Kier molecular flexibility index (Phi) is 10.6. The Morgan fingerprint density at radius 3 is 2.37 bits per heavy atom. The van der Waals surface area contributed by atoms with E-state index in [1.807, 2.05) is 36.4 Å². The number of ether oxygens (including phenoxy) is 1. The van der Waals surface area contributed by atoms with E-state index >= 15 is 0 Å². The molecule has 1 fully saturated rings. The molecule has 11 nitrogen and oxygen atoms in total. The number of alkyl halides is 3. The normalized spacial score (nSPS) is 13.8. The van der Waals surface area contributed by atoms with Gasteiger partial charge >= 0.3 is 12.4 Å². The van der Waals surface area contributed by atoms with Gasteiger partial charge in [-0.25, -0.2) is 15.3 Å². The zero-order chi connectivity index (χ0) is 36.0. The van der Waals surface area contributed by atoms with Crippen molar-refractivity contribution in [2.45, 2.75) is 50.9 Å². The summed E-state index contributed by atoms with van der Waals surface area (Å²) in [7, 11) is 0. The Hall–Kier alpha value is -5.83. The predicted octanol–water partition coefficient (Wildman–Crippen LogP) is 9.14. The van der Waals surface area contributed by atoms with Crippen LogP contribution in [-0.2, 0) is 6.54 Å². The molecule has 0 spiro atoms. The number of anilines is 2. The summed E-state index contributed by atoms with van der Waals surface area (Å²) >= 11 is 1.21. The smallest absolute Gasteiger partial charge is 0.405 e. The number of carbonyl (C=O) groups excluding carboxylic acids is 2. The molecule has 1 aliphatic carbocycles.